The predicted molar refractivity (Wildman–Crippen MR) is 126 cm³/mol. The Morgan fingerprint density at radius 3 is 2.61 bits per heavy atom. The molecule has 3 aromatic carbocycles. The maximum Gasteiger partial charge on any atom is 0.270 e. The van der Waals surface area contributed by atoms with Crippen molar-refractivity contribution in [3.05, 3.63) is 99.6 Å². The van der Waals surface area contributed by atoms with E-state index in [1.165, 1.54) is 12.1 Å². The van der Waals surface area contributed by atoms with E-state index in [0.717, 1.165) is 11.1 Å². The number of carbonyl (C=O) groups excluding carboxylic acids is 1. The van der Waals surface area contributed by atoms with Crippen LogP contribution in [0.1, 0.15) is 16.7 Å². The van der Waals surface area contributed by atoms with Crippen LogP contribution in [0.2, 0.25) is 0 Å². The number of amides is 1. The lowest BCUT2D eigenvalue weighted by Gasteiger charge is -2.09. The van der Waals surface area contributed by atoms with Crippen LogP contribution >= 0.6 is 0 Å². The smallest absolute Gasteiger partial charge is 0.270 e. The van der Waals surface area contributed by atoms with Crippen molar-refractivity contribution >= 4 is 33.9 Å². The summed E-state index contributed by atoms with van der Waals surface area (Å²) in [6, 6.07) is 20.9. The Morgan fingerprint density at radius 2 is 1.88 bits per heavy atom. The molecule has 33 heavy (non-hydrogen) atoms. The van der Waals surface area contributed by atoms with Crippen molar-refractivity contribution in [2.75, 3.05) is 6.54 Å². The van der Waals surface area contributed by atoms with Gasteiger partial charge in [-0.2, -0.15) is 0 Å². The SMILES string of the molecule is NCC(=O)NCc1cccc(N=C(c2ccccc2)c2c(O)[nH]c3ccc([N+](=O)[O-])cc23)c1. The second-order valence-corrected chi connectivity index (χ2v) is 7.31. The first kappa shape index (κ1) is 21.7. The minimum absolute atomic E-state index is 0.0900. The summed E-state index contributed by atoms with van der Waals surface area (Å²) in [6.07, 6.45) is 0. The van der Waals surface area contributed by atoms with Crippen LogP contribution in [0.3, 0.4) is 0 Å². The van der Waals surface area contributed by atoms with Crippen LogP contribution in [0, 0.1) is 10.1 Å². The molecule has 0 aliphatic heterocycles. The average Bonchev–Trinajstić information content (AvgIpc) is 3.16. The monoisotopic (exact) mass is 443 g/mol. The third-order valence-corrected chi connectivity index (χ3v) is 5.08. The predicted octanol–water partition coefficient (Wildman–Crippen LogP) is 3.53. The van der Waals surface area contributed by atoms with Gasteiger partial charge < -0.3 is 21.1 Å². The van der Waals surface area contributed by atoms with Crippen molar-refractivity contribution < 1.29 is 14.8 Å². The molecular weight excluding hydrogens is 422 g/mol. The van der Waals surface area contributed by atoms with Gasteiger partial charge >= 0.3 is 0 Å². The van der Waals surface area contributed by atoms with E-state index < -0.39 is 4.92 Å². The molecule has 0 bridgehead atoms. The molecule has 0 unspecified atom stereocenters. The summed E-state index contributed by atoms with van der Waals surface area (Å²) < 4.78 is 0. The largest absolute Gasteiger partial charge is 0.494 e. The van der Waals surface area contributed by atoms with Crippen molar-refractivity contribution in [3.8, 4) is 5.88 Å². The van der Waals surface area contributed by atoms with E-state index in [-0.39, 0.29) is 24.0 Å². The van der Waals surface area contributed by atoms with Gasteiger partial charge in [0.05, 0.1) is 28.4 Å². The second-order valence-electron chi connectivity index (χ2n) is 7.31. The number of carbonyl (C=O) groups is 1. The number of nitrogens with one attached hydrogen (secondary N) is 2. The Bertz CT molecular complexity index is 1360. The van der Waals surface area contributed by atoms with Crippen molar-refractivity contribution in [1.82, 2.24) is 10.3 Å². The molecular formula is C24H21N5O4. The number of aromatic hydroxyl groups is 1. The number of nitro benzene ring substituents is 1. The number of non-ortho nitro benzene ring substituents is 1. The van der Waals surface area contributed by atoms with Crippen LogP contribution in [-0.2, 0) is 11.3 Å². The molecule has 0 fully saturated rings. The first-order valence-corrected chi connectivity index (χ1v) is 10.2. The maximum absolute atomic E-state index is 11.5. The molecule has 1 aromatic heterocycles. The molecule has 0 saturated carbocycles. The third-order valence-electron chi connectivity index (χ3n) is 5.08. The molecule has 0 saturated heterocycles. The van der Waals surface area contributed by atoms with Gasteiger partial charge in [0.25, 0.3) is 5.69 Å². The Hall–Kier alpha value is -4.50. The molecule has 9 heteroatoms. The Kier molecular flexibility index (Phi) is 6.14. The fourth-order valence-corrected chi connectivity index (χ4v) is 3.52. The van der Waals surface area contributed by atoms with Crippen molar-refractivity contribution in [3.63, 3.8) is 0 Å². The van der Waals surface area contributed by atoms with Crippen LogP contribution < -0.4 is 11.1 Å². The van der Waals surface area contributed by atoms with Crippen molar-refractivity contribution in [2.45, 2.75) is 6.54 Å². The van der Waals surface area contributed by atoms with Gasteiger partial charge in [0.2, 0.25) is 5.91 Å². The molecule has 1 heterocycles. The summed E-state index contributed by atoms with van der Waals surface area (Å²) in [5.74, 6) is -0.404. The van der Waals surface area contributed by atoms with E-state index in [9.17, 15) is 20.0 Å². The van der Waals surface area contributed by atoms with Gasteiger partial charge in [0, 0.05) is 35.1 Å². The van der Waals surface area contributed by atoms with E-state index in [2.05, 4.69) is 10.3 Å². The molecule has 166 valence electrons. The number of hydrogen-bond donors (Lipinski definition) is 4. The molecule has 1 amide bonds. The zero-order chi connectivity index (χ0) is 23.4. The van der Waals surface area contributed by atoms with Gasteiger partial charge in [0.1, 0.15) is 0 Å². The van der Waals surface area contributed by atoms with Crippen molar-refractivity contribution in [1.29, 1.82) is 0 Å². The molecule has 4 aromatic rings. The van der Waals surface area contributed by atoms with Crippen LogP contribution in [0.5, 0.6) is 5.88 Å². The number of fused-ring (bicyclic) bond motifs is 1. The molecule has 0 radical (unpaired) electrons. The molecule has 4 rings (SSSR count). The lowest BCUT2D eigenvalue weighted by atomic mass is 10.0. The number of nitro groups is 1. The van der Waals surface area contributed by atoms with Crippen LogP contribution in [0.4, 0.5) is 11.4 Å². The number of rotatable bonds is 7. The number of benzene rings is 3. The van der Waals surface area contributed by atoms with E-state index >= 15 is 0 Å². The van der Waals surface area contributed by atoms with Gasteiger partial charge in [-0.15, -0.1) is 0 Å². The van der Waals surface area contributed by atoms with Crippen LogP contribution in [-0.4, -0.2) is 33.2 Å². The zero-order valence-electron chi connectivity index (χ0n) is 17.5. The third kappa shape index (κ3) is 4.73. The fourth-order valence-electron chi connectivity index (χ4n) is 3.52. The zero-order valence-corrected chi connectivity index (χ0v) is 17.5. The van der Waals surface area contributed by atoms with E-state index in [4.69, 9.17) is 10.7 Å². The number of nitrogens with zero attached hydrogens (tertiary/aromatic N) is 2. The van der Waals surface area contributed by atoms with Crippen LogP contribution in [0.25, 0.3) is 10.9 Å². The Labute approximate surface area is 188 Å². The standard InChI is InChI=1S/C24H21N5O4/c25-13-21(30)26-14-15-5-4-8-17(11-15)27-23(16-6-2-1-3-7-16)22-19-12-18(29(32)33)9-10-20(19)28-24(22)31/h1-12,28,31H,13-14,25H2,(H,26,30). The molecule has 5 N–H and O–H groups in total. The number of H-pyrrole nitrogens is 1. The molecule has 0 atom stereocenters. The summed E-state index contributed by atoms with van der Waals surface area (Å²) in [4.78, 5) is 30.0. The van der Waals surface area contributed by atoms with Gasteiger partial charge in [-0.05, 0) is 23.8 Å². The highest BCUT2D eigenvalue weighted by Crippen LogP contribution is 2.33. The Balaban J connectivity index is 1.86. The van der Waals surface area contributed by atoms with E-state index in [1.807, 2.05) is 48.5 Å². The highest BCUT2D eigenvalue weighted by Gasteiger charge is 2.20. The molecule has 0 aliphatic carbocycles. The summed E-state index contributed by atoms with van der Waals surface area (Å²) in [6.45, 7) is 0.201. The molecule has 0 aliphatic rings. The second kappa shape index (κ2) is 9.33. The quantitative estimate of drug-likeness (QED) is 0.196. The van der Waals surface area contributed by atoms with E-state index in [1.54, 1.807) is 12.1 Å². The number of hydrogen-bond acceptors (Lipinski definition) is 6. The summed E-state index contributed by atoms with van der Waals surface area (Å²) in [5.41, 5.74) is 8.75. The molecule has 9 nitrogen and oxygen atoms in total. The highest BCUT2D eigenvalue weighted by molar-refractivity contribution is 6.22. The first-order valence-electron chi connectivity index (χ1n) is 10.2. The summed E-state index contributed by atoms with van der Waals surface area (Å²) in [7, 11) is 0. The number of aliphatic imine (C=N–C) groups is 1. The minimum Gasteiger partial charge on any atom is -0.494 e. The summed E-state index contributed by atoms with van der Waals surface area (Å²) in [5, 5.41) is 25.3. The van der Waals surface area contributed by atoms with Gasteiger partial charge in [-0.25, -0.2) is 4.99 Å². The normalized spacial score (nSPS) is 11.5. The minimum atomic E-state index is -0.480. The summed E-state index contributed by atoms with van der Waals surface area (Å²) >= 11 is 0. The van der Waals surface area contributed by atoms with Crippen molar-refractivity contribution in [2.24, 2.45) is 10.7 Å². The topological polar surface area (TPSA) is 147 Å². The maximum atomic E-state index is 11.5. The first-order chi connectivity index (χ1) is 16.0. The number of aromatic amines is 1. The number of aromatic nitrogens is 1. The Morgan fingerprint density at radius 1 is 1.09 bits per heavy atom. The fraction of sp³-hybridized carbons (Fsp3) is 0.0833. The lowest BCUT2D eigenvalue weighted by Crippen LogP contribution is -2.29. The number of nitrogens with two attached hydrogens (primary N) is 1. The van der Waals surface area contributed by atoms with Gasteiger partial charge in [-0.3, -0.25) is 14.9 Å². The molecule has 0 spiro atoms. The highest BCUT2D eigenvalue weighted by atomic mass is 16.6. The van der Waals surface area contributed by atoms with Crippen LogP contribution in [0.15, 0.2) is 77.8 Å². The van der Waals surface area contributed by atoms with E-state index in [0.29, 0.717) is 34.4 Å². The van der Waals surface area contributed by atoms with Gasteiger partial charge in [0.15, 0.2) is 5.88 Å². The average molecular weight is 443 g/mol. The van der Waals surface area contributed by atoms with Gasteiger partial charge in [-0.1, -0.05) is 42.5 Å². The lowest BCUT2D eigenvalue weighted by molar-refractivity contribution is -0.384.